The highest BCUT2D eigenvalue weighted by Gasteiger charge is 2.32. The fourth-order valence-electron chi connectivity index (χ4n) is 2.75. The van der Waals surface area contributed by atoms with Crippen molar-refractivity contribution in [1.29, 1.82) is 0 Å². The lowest BCUT2D eigenvalue weighted by Gasteiger charge is -2.33. The highest BCUT2D eigenvalue weighted by Crippen LogP contribution is 2.24. The Balaban J connectivity index is 2.02. The van der Waals surface area contributed by atoms with Gasteiger partial charge < -0.3 is 20.2 Å². The first-order valence-corrected chi connectivity index (χ1v) is 8.11. The molecule has 136 valence electrons. The Morgan fingerprint density at radius 2 is 2.12 bits per heavy atom. The zero-order valence-electron chi connectivity index (χ0n) is 14.2. The van der Waals surface area contributed by atoms with Crippen molar-refractivity contribution < 1.29 is 23.9 Å². The van der Waals surface area contributed by atoms with Gasteiger partial charge in [-0.1, -0.05) is 19.1 Å². The molecular formula is C17H22FN3O4. The molecule has 2 N–H and O–H groups in total. The molecule has 1 aliphatic rings. The van der Waals surface area contributed by atoms with Crippen molar-refractivity contribution in [2.75, 3.05) is 25.0 Å². The van der Waals surface area contributed by atoms with E-state index in [2.05, 4.69) is 5.32 Å². The van der Waals surface area contributed by atoms with Gasteiger partial charge >= 0.3 is 12.0 Å². The number of urea groups is 1. The van der Waals surface area contributed by atoms with Gasteiger partial charge in [-0.25, -0.2) is 9.18 Å². The lowest BCUT2D eigenvalue weighted by molar-refractivity contribution is -0.141. The number of hydrogen-bond donors (Lipinski definition) is 2. The Kier molecular flexibility index (Phi) is 5.95. The molecule has 0 aliphatic carbocycles. The predicted octanol–water partition coefficient (Wildman–Crippen LogP) is 1.68. The zero-order valence-corrected chi connectivity index (χ0v) is 14.2. The van der Waals surface area contributed by atoms with Gasteiger partial charge in [0.1, 0.15) is 11.9 Å². The third-order valence-corrected chi connectivity index (χ3v) is 4.20. The number of nitrogens with one attached hydrogen (secondary N) is 1. The minimum atomic E-state index is -1.00. The maximum Gasteiger partial charge on any atom is 0.317 e. The minimum Gasteiger partial charge on any atom is -0.481 e. The molecule has 1 aromatic rings. The maximum atomic E-state index is 13.9. The van der Waals surface area contributed by atoms with Crippen molar-refractivity contribution in [2.24, 2.45) is 5.92 Å². The Labute approximate surface area is 145 Å². The first kappa shape index (κ1) is 18.7. The van der Waals surface area contributed by atoms with Gasteiger partial charge in [-0.05, 0) is 25.0 Å². The van der Waals surface area contributed by atoms with Crippen LogP contribution >= 0.6 is 0 Å². The number of aliphatic carboxylic acids is 1. The number of anilines is 1. The van der Waals surface area contributed by atoms with Crippen LogP contribution in [0.3, 0.4) is 0 Å². The number of carboxylic acids is 1. The molecule has 0 saturated carbocycles. The largest absolute Gasteiger partial charge is 0.481 e. The van der Waals surface area contributed by atoms with Gasteiger partial charge in [-0.3, -0.25) is 9.59 Å². The number of carbonyl (C=O) groups is 3. The second-order valence-corrected chi connectivity index (χ2v) is 6.21. The number of amides is 3. The van der Waals surface area contributed by atoms with Crippen molar-refractivity contribution in [3.8, 4) is 0 Å². The molecule has 2 rings (SSSR count). The maximum absolute atomic E-state index is 13.9. The molecule has 1 aromatic carbocycles. The lowest BCUT2D eigenvalue weighted by atomic mass is 10.0. The molecule has 2 atom stereocenters. The third kappa shape index (κ3) is 4.46. The summed E-state index contributed by atoms with van der Waals surface area (Å²) in [5.41, 5.74) is 0.194. The predicted molar refractivity (Wildman–Crippen MR) is 89.7 cm³/mol. The van der Waals surface area contributed by atoms with Crippen LogP contribution < -0.4 is 10.2 Å². The van der Waals surface area contributed by atoms with Crippen molar-refractivity contribution in [3.05, 3.63) is 30.1 Å². The van der Waals surface area contributed by atoms with Gasteiger partial charge in [-0.2, -0.15) is 0 Å². The molecule has 0 aromatic heterocycles. The Bertz CT molecular complexity index is 667. The van der Waals surface area contributed by atoms with Gasteiger partial charge in [0.2, 0.25) is 5.91 Å². The zero-order chi connectivity index (χ0) is 18.6. The van der Waals surface area contributed by atoms with Crippen LogP contribution in [0.1, 0.15) is 19.8 Å². The Morgan fingerprint density at radius 3 is 2.76 bits per heavy atom. The number of hydrogen-bond acceptors (Lipinski definition) is 3. The second kappa shape index (κ2) is 7.96. The molecule has 8 heteroatoms. The van der Waals surface area contributed by atoms with Gasteiger partial charge in [0, 0.05) is 20.1 Å². The molecule has 0 radical (unpaired) electrons. The minimum absolute atomic E-state index is 0.0269. The molecule has 25 heavy (non-hydrogen) atoms. The summed E-state index contributed by atoms with van der Waals surface area (Å²) in [4.78, 5) is 38.2. The molecule has 0 spiro atoms. The highest BCUT2D eigenvalue weighted by atomic mass is 19.1. The third-order valence-electron chi connectivity index (χ3n) is 4.20. The van der Waals surface area contributed by atoms with Crippen LogP contribution in [-0.4, -0.2) is 54.1 Å². The van der Waals surface area contributed by atoms with E-state index in [4.69, 9.17) is 5.11 Å². The van der Waals surface area contributed by atoms with E-state index in [0.29, 0.717) is 19.4 Å². The van der Waals surface area contributed by atoms with E-state index in [1.54, 1.807) is 12.1 Å². The van der Waals surface area contributed by atoms with Crippen LogP contribution in [0.25, 0.3) is 0 Å². The topological polar surface area (TPSA) is 90.0 Å². The average Bonchev–Trinajstić information content (AvgIpc) is 2.57. The number of carbonyl (C=O) groups excluding carboxylic acids is 2. The molecule has 0 bridgehead atoms. The quantitative estimate of drug-likeness (QED) is 0.845. The smallest absolute Gasteiger partial charge is 0.317 e. The van der Waals surface area contributed by atoms with E-state index < -0.39 is 29.8 Å². The number of nitrogens with zero attached hydrogens (tertiary/aromatic N) is 2. The standard InChI is InChI=1S/C17H22FN3O4/c1-11(16(23)24)10-20(2)17(25)19-13-7-5-9-21(15(13)22)14-8-4-3-6-12(14)18/h3-4,6,8,11,13H,5,7,9-10H2,1-2H3,(H,19,25)(H,23,24). The van der Waals surface area contributed by atoms with Crippen LogP contribution in [0.4, 0.5) is 14.9 Å². The van der Waals surface area contributed by atoms with Crippen molar-refractivity contribution in [2.45, 2.75) is 25.8 Å². The number of carboxylic acid groups (broad SMARTS) is 1. The monoisotopic (exact) mass is 351 g/mol. The van der Waals surface area contributed by atoms with Gasteiger partial charge in [-0.15, -0.1) is 0 Å². The highest BCUT2D eigenvalue weighted by molar-refractivity contribution is 5.99. The van der Waals surface area contributed by atoms with Gasteiger partial charge in [0.05, 0.1) is 11.6 Å². The summed E-state index contributed by atoms with van der Waals surface area (Å²) in [6.07, 6.45) is 1.08. The number of benzene rings is 1. The van der Waals surface area contributed by atoms with E-state index >= 15 is 0 Å². The van der Waals surface area contributed by atoms with Gasteiger partial charge in [0.25, 0.3) is 0 Å². The van der Waals surface area contributed by atoms with Crippen LogP contribution in [0.2, 0.25) is 0 Å². The van der Waals surface area contributed by atoms with E-state index in [1.807, 2.05) is 0 Å². The molecule has 1 heterocycles. The van der Waals surface area contributed by atoms with Crippen LogP contribution in [0.15, 0.2) is 24.3 Å². The average molecular weight is 351 g/mol. The number of piperidine rings is 1. The summed E-state index contributed by atoms with van der Waals surface area (Å²) in [7, 11) is 1.47. The fraction of sp³-hybridized carbons (Fsp3) is 0.471. The summed E-state index contributed by atoms with van der Waals surface area (Å²) in [5, 5.41) is 11.5. The molecule has 2 unspecified atom stereocenters. The Morgan fingerprint density at radius 1 is 1.44 bits per heavy atom. The summed E-state index contributed by atoms with van der Waals surface area (Å²) in [6, 6.07) is 4.72. The lowest BCUT2D eigenvalue weighted by Crippen LogP contribution is -2.55. The second-order valence-electron chi connectivity index (χ2n) is 6.21. The first-order valence-electron chi connectivity index (χ1n) is 8.11. The first-order chi connectivity index (χ1) is 11.8. The Hall–Kier alpha value is -2.64. The number of para-hydroxylation sites is 1. The van der Waals surface area contributed by atoms with Crippen molar-refractivity contribution in [3.63, 3.8) is 0 Å². The molecule has 1 aliphatic heterocycles. The van der Waals surface area contributed by atoms with E-state index in [0.717, 1.165) is 0 Å². The number of rotatable bonds is 5. The molecular weight excluding hydrogens is 329 g/mol. The fourth-order valence-corrected chi connectivity index (χ4v) is 2.75. The number of halogens is 1. The summed E-state index contributed by atoms with van der Waals surface area (Å²) >= 11 is 0. The van der Waals surface area contributed by atoms with Gasteiger partial charge in [0.15, 0.2) is 0 Å². The van der Waals surface area contributed by atoms with Crippen molar-refractivity contribution in [1.82, 2.24) is 10.2 Å². The van der Waals surface area contributed by atoms with E-state index in [9.17, 15) is 18.8 Å². The summed E-state index contributed by atoms with van der Waals surface area (Å²) in [6.45, 7) is 1.91. The molecule has 1 saturated heterocycles. The van der Waals surface area contributed by atoms with Crippen LogP contribution in [-0.2, 0) is 9.59 Å². The van der Waals surface area contributed by atoms with Crippen LogP contribution in [0, 0.1) is 11.7 Å². The van der Waals surface area contributed by atoms with E-state index in [1.165, 1.54) is 35.9 Å². The molecule has 3 amide bonds. The molecule has 7 nitrogen and oxygen atoms in total. The summed E-state index contributed by atoms with van der Waals surface area (Å²) in [5.74, 6) is -2.58. The normalized spacial score (nSPS) is 18.6. The summed E-state index contributed by atoms with van der Waals surface area (Å²) < 4.78 is 13.9. The molecule has 1 fully saturated rings. The van der Waals surface area contributed by atoms with Crippen LogP contribution in [0.5, 0.6) is 0 Å². The van der Waals surface area contributed by atoms with E-state index in [-0.39, 0.29) is 18.1 Å². The SMILES string of the molecule is CC(CN(C)C(=O)NC1CCCN(c2ccccc2F)C1=O)C(=O)O. The van der Waals surface area contributed by atoms with Crippen molar-refractivity contribution >= 4 is 23.6 Å².